The van der Waals surface area contributed by atoms with Gasteiger partial charge in [-0.25, -0.2) is 9.78 Å². The smallest absolute Gasteiger partial charge is 0.330 e. The number of hydrogen-bond donors (Lipinski definition) is 3. The lowest BCUT2D eigenvalue weighted by Crippen LogP contribution is -2.19. The van der Waals surface area contributed by atoms with Crippen molar-refractivity contribution in [2.75, 3.05) is 5.43 Å². The molecule has 0 bridgehead atoms. The molecular weight excluding hydrogens is 368 g/mol. The third-order valence-electron chi connectivity index (χ3n) is 3.72. The lowest BCUT2D eigenvalue weighted by Gasteiger charge is -2.04. The standard InChI is InChI=1S/C18H16N4O4S/c23-16(24)10-9-14(18(25)26)21-22-20-12-7-5-11(6-8-12)17-19-13-3-1-2-4-15(13)27-17/h1-8,14H,9-10H2,(H,20,21)(H,23,24)(H,25,26). The normalized spacial score (nSPS) is 12.3. The Bertz CT molecular complexity index is 951. The molecule has 1 atom stereocenters. The fraction of sp³-hybridized carbons (Fsp3) is 0.167. The van der Waals surface area contributed by atoms with Crippen molar-refractivity contribution in [3.63, 3.8) is 0 Å². The first-order valence-corrected chi connectivity index (χ1v) is 8.91. The number of para-hydroxylation sites is 1. The van der Waals surface area contributed by atoms with Gasteiger partial charge < -0.3 is 10.2 Å². The molecule has 0 radical (unpaired) electrons. The maximum Gasteiger partial charge on any atom is 0.330 e. The number of thiazole rings is 1. The number of rotatable bonds is 8. The number of anilines is 1. The Kier molecular flexibility index (Phi) is 5.72. The van der Waals surface area contributed by atoms with E-state index in [1.54, 1.807) is 23.5 Å². The number of nitrogens with one attached hydrogen (secondary N) is 1. The summed E-state index contributed by atoms with van der Waals surface area (Å²) in [4.78, 5) is 26.2. The van der Waals surface area contributed by atoms with Crippen molar-refractivity contribution in [1.29, 1.82) is 0 Å². The molecule has 0 aliphatic heterocycles. The summed E-state index contributed by atoms with van der Waals surface area (Å²) in [6, 6.07) is 14.1. The summed E-state index contributed by atoms with van der Waals surface area (Å²) < 4.78 is 1.12. The van der Waals surface area contributed by atoms with Crippen LogP contribution in [0.1, 0.15) is 12.8 Å². The van der Waals surface area contributed by atoms with Gasteiger partial charge in [0.15, 0.2) is 6.04 Å². The van der Waals surface area contributed by atoms with Gasteiger partial charge in [0.25, 0.3) is 0 Å². The van der Waals surface area contributed by atoms with Crippen LogP contribution in [-0.4, -0.2) is 33.2 Å². The van der Waals surface area contributed by atoms with Gasteiger partial charge in [-0.15, -0.1) is 11.3 Å². The van der Waals surface area contributed by atoms with Crippen LogP contribution in [0.2, 0.25) is 0 Å². The monoisotopic (exact) mass is 384 g/mol. The summed E-state index contributed by atoms with van der Waals surface area (Å²) in [7, 11) is 0. The van der Waals surface area contributed by atoms with Crippen molar-refractivity contribution in [3.8, 4) is 10.6 Å². The minimum Gasteiger partial charge on any atom is -0.481 e. The summed E-state index contributed by atoms with van der Waals surface area (Å²) in [6.07, 6.45) is -0.404. The van der Waals surface area contributed by atoms with Gasteiger partial charge >= 0.3 is 11.9 Å². The second-order valence-electron chi connectivity index (χ2n) is 5.68. The Morgan fingerprint density at radius 2 is 1.85 bits per heavy atom. The van der Waals surface area contributed by atoms with Gasteiger partial charge in [0, 0.05) is 12.0 Å². The van der Waals surface area contributed by atoms with Gasteiger partial charge in [0.2, 0.25) is 0 Å². The zero-order valence-electron chi connectivity index (χ0n) is 14.1. The van der Waals surface area contributed by atoms with E-state index in [1.807, 2.05) is 36.4 Å². The average molecular weight is 384 g/mol. The molecule has 138 valence electrons. The molecule has 2 aromatic carbocycles. The number of carbonyl (C=O) groups is 2. The number of aliphatic carboxylic acids is 2. The molecule has 0 saturated carbocycles. The van der Waals surface area contributed by atoms with E-state index < -0.39 is 18.0 Å². The van der Waals surface area contributed by atoms with Gasteiger partial charge in [-0.2, -0.15) is 5.11 Å². The van der Waals surface area contributed by atoms with E-state index in [4.69, 9.17) is 10.2 Å². The molecule has 27 heavy (non-hydrogen) atoms. The summed E-state index contributed by atoms with van der Waals surface area (Å²) in [5, 5.41) is 25.9. The zero-order valence-corrected chi connectivity index (χ0v) is 14.9. The Labute approximate surface area is 158 Å². The first-order chi connectivity index (χ1) is 13.0. The lowest BCUT2D eigenvalue weighted by molar-refractivity contribution is -0.139. The maximum absolute atomic E-state index is 11.0. The Hall–Kier alpha value is -3.33. The molecule has 0 amide bonds. The average Bonchev–Trinajstić information content (AvgIpc) is 3.08. The van der Waals surface area contributed by atoms with E-state index in [-0.39, 0.29) is 12.8 Å². The topological polar surface area (TPSA) is 124 Å². The summed E-state index contributed by atoms with van der Waals surface area (Å²) in [6.45, 7) is 0. The van der Waals surface area contributed by atoms with E-state index >= 15 is 0 Å². The molecule has 0 aliphatic rings. The van der Waals surface area contributed by atoms with Crippen LogP contribution >= 0.6 is 11.3 Å². The number of carboxylic acids is 2. The number of fused-ring (bicyclic) bond motifs is 1. The van der Waals surface area contributed by atoms with Crippen LogP contribution in [0.5, 0.6) is 0 Å². The van der Waals surface area contributed by atoms with Crippen molar-refractivity contribution < 1.29 is 19.8 Å². The highest BCUT2D eigenvalue weighted by molar-refractivity contribution is 7.21. The van der Waals surface area contributed by atoms with E-state index in [0.29, 0.717) is 5.69 Å². The van der Waals surface area contributed by atoms with Gasteiger partial charge in [0.05, 0.1) is 15.9 Å². The first-order valence-electron chi connectivity index (χ1n) is 8.09. The molecular formula is C18H16N4O4S. The molecule has 0 spiro atoms. The number of aromatic nitrogens is 1. The summed E-state index contributed by atoms with van der Waals surface area (Å²) in [5.74, 6) is -2.29. The molecule has 3 N–H and O–H groups in total. The fourth-order valence-corrected chi connectivity index (χ4v) is 3.30. The minimum atomic E-state index is -1.21. The number of hydrogen-bond acceptors (Lipinski definition) is 6. The molecule has 9 heteroatoms. The van der Waals surface area contributed by atoms with Gasteiger partial charge in [-0.05, 0) is 42.8 Å². The quantitative estimate of drug-likeness (QED) is 0.397. The van der Waals surface area contributed by atoms with Crippen molar-refractivity contribution >= 4 is 39.2 Å². The van der Waals surface area contributed by atoms with Gasteiger partial charge in [-0.3, -0.25) is 10.2 Å². The summed E-state index contributed by atoms with van der Waals surface area (Å²) >= 11 is 1.60. The molecule has 1 aromatic heterocycles. The van der Waals surface area contributed by atoms with Crippen molar-refractivity contribution in [1.82, 2.24) is 4.98 Å². The van der Waals surface area contributed by atoms with Gasteiger partial charge in [0.1, 0.15) is 5.01 Å². The predicted octanol–water partition coefficient (Wildman–Crippen LogP) is 4.06. The maximum atomic E-state index is 11.0. The highest BCUT2D eigenvalue weighted by Gasteiger charge is 2.17. The molecule has 0 aliphatic carbocycles. The lowest BCUT2D eigenvalue weighted by atomic mass is 10.2. The van der Waals surface area contributed by atoms with E-state index in [9.17, 15) is 9.59 Å². The number of benzene rings is 2. The Morgan fingerprint density at radius 1 is 1.11 bits per heavy atom. The third kappa shape index (κ3) is 4.85. The Morgan fingerprint density at radius 3 is 2.52 bits per heavy atom. The van der Waals surface area contributed by atoms with Crippen LogP contribution < -0.4 is 5.43 Å². The second kappa shape index (κ2) is 8.37. The molecule has 3 rings (SSSR count). The van der Waals surface area contributed by atoms with Crippen LogP contribution in [-0.2, 0) is 9.59 Å². The fourth-order valence-electron chi connectivity index (χ4n) is 2.33. The highest BCUT2D eigenvalue weighted by atomic mass is 32.1. The predicted molar refractivity (Wildman–Crippen MR) is 102 cm³/mol. The SMILES string of the molecule is O=C(O)CCC(N=NNc1ccc(-c2nc3ccccc3s2)cc1)C(=O)O. The Balaban J connectivity index is 1.64. The van der Waals surface area contributed by atoms with Crippen LogP contribution in [0.25, 0.3) is 20.8 Å². The highest BCUT2D eigenvalue weighted by Crippen LogP contribution is 2.30. The molecule has 1 heterocycles. The molecule has 8 nitrogen and oxygen atoms in total. The van der Waals surface area contributed by atoms with E-state index in [0.717, 1.165) is 20.8 Å². The number of carboxylic acid groups (broad SMARTS) is 2. The molecule has 0 saturated heterocycles. The van der Waals surface area contributed by atoms with E-state index in [1.165, 1.54) is 0 Å². The van der Waals surface area contributed by atoms with Crippen molar-refractivity contribution in [3.05, 3.63) is 48.5 Å². The third-order valence-corrected chi connectivity index (χ3v) is 4.80. The molecule has 0 fully saturated rings. The second-order valence-corrected chi connectivity index (χ2v) is 6.71. The van der Waals surface area contributed by atoms with Crippen molar-refractivity contribution in [2.24, 2.45) is 10.3 Å². The largest absolute Gasteiger partial charge is 0.481 e. The van der Waals surface area contributed by atoms with E-state index in [2.05, 4.69) is 20.7 Å². The zero-order chi connectivity index (χ0) is 19.2. The van der Waals surface area contributed by atoms with Crippen LogP contribution in [0.15, 0.2) is 58.9 Å². The minimum absolute atomic E-state index is 0.119. The van der Waals surface area contributed by atoms with Crippen LogP contribution in [0, 0.1) is 0 Å². The summed E-state index contributed by atoms with van der Waals surface area (Å²) in [5.41, 5.74) is 5.20. The van der Waals surface area contributed by atoms with Gasteiger partial charge in [-0.1, -0.05) is 17.4 Å². The van der Waals surface area contributed by atoms with Crippen LogP contribution in [0.4, 0.5) is 5.69 Å². The number of nitrogens with zero attached hydrogens (tertiary/aromatic N) is 3. The molecule has 1 unspecified atom stereocenters. The first kappa shape index (κ1) is 18.5. The molecule has 3 aromatic rings. The van der Waals surface area contributed by atoms with Crippen molar-refractivity contribution in [2.45, 2.75) is 18.9 Å². The van der Waals surface area contributed by atoms with Crippen LogP contribution in [0.3, 0.4) is 0 Å².